The highest BCUT2D eigenvalue weighted by Gasteiger charge is 2.55. The molecule has 146 valence electrons. The second-order valence-electron chi connectivity index (χ2n) is 7.37. The molecule has 0 aromatic heterocycles. The molecule has 0 spiro atoms. The fraction of sp³-hybridized carbons (Fsp3) is 0.364. The number of anilines is 1. The number of nitrogens with zero attached hydrogens (tertiary/aromatic N) is 2. The van der Waals surface area contributed by atoms with Crippen molar-refractivity contribution in [2.75, 3.05) is 18.2 Å². The number of nitrogens with two attached hydrogens (primary N) is 1. The first-order chi connectivity index (χ1) is 13.6. The Bertz CT molecular complexity index is 915. The van der Waals surface area contributed by atoms with Gasteiger partial charge in [0.2, 0.25) is 0 Å². The molecule has 2 aromatic rings. The van der Waals surface area contributed by atoms with Crippen molar-refractivity contribution < 1.29 is 13.9 Å². The third-order valence-electron chi connectivity index (χ3n) is 5.71. The van der Waals surface area contributed by atoms with Crippen molar-refractivity contribution in [3.8, 4) is 5.75 Å². The average Bonchev–Trinajstić information content (AvgIpc) is 3.05. The maximum Gasteiger partial charge on any atom is 0.176 e. The summed E-state index contributed by atoms with van der Waals surface area (Å²) >= 11 is 0. The number of ketones is 1. The molecule has 0 unspecified atom stereocenters. The summed E-state index contributed by atoms with van der Waals surface area (Å²) in [4.78, 5) is 12.7. The predicted molar refractivity (Wildman–Crippen MR) is 107 cm³/mol. The molecule has 0 amide bonds. The molecule has 2 atom stereocenters. The molecule has 0 radical (unpaired) electrons. The Morgan fingerprint density at radius 1 is 1.29 bits per heavy atom. The maximum atomic E-state index is 14.0. The van der Waals surface area contributed by atoms with E-state index in [0.717, 1.165) is 24.8 Å². The molecule has 0 saturated carbocycles. The molecule has 5 nitrogen and oxygen atoms in total. The smallest absolute Gasteiger partial charge is 0.176 e. The van der Waals surface area contributed by atoms with Crippen molar-refractivity contribution in [3.05, 3.63) is 59.9 Å². The van der Waals surface area contributed by atoms with Crippen LogP contribution in [0.25, 0.3) is 0 Å². The molecule has 28 heavy (non-hydrogen) atoms. The summed E-state index contributed by atoms with van der Waals surface area (Å²) in [5, 5.41) is 6.51. The van der Waals surface area contributed by atoms with Gasteiger partial charge in [0.05, 0.1) is 5.41 Å². The van der Waals surface area contributed by atoms with Crippen LogP contribution in [0.15, 0.2) is 53.6 Å². The van der Waals surface area contributed by atoms with Crippen molar-refractivity contribution in [1.29, 1.82) is 0 Å². The van der Waals surface area contributed by atoms with Crippen LogP contribution in [-0.2, 0) is 10.2 Å². The summed E-state index contributed by atoms with van der Waals surface area (Å²) in [7, 11) is 0. The van der Waals surface area contributed by atoms with Gasteiger partial charge in [-0.3, -0.25) is 9.80 Å². The normalized spacial score (nSPS) is 22.9. The minimum atomic E-state index is -0.619. The Labute approximate surface area is 164 Å². The Hall–Kier alpha value is -2.73. The number of hydrazone groups is 1. The Balaban J connectivity index is 1.87. The lowest BCUT2D eigenvalue weighted by Gasteiger charge is -2.41. The molecule has 4 rings (SSSR count). The lowest BCUT2D eigenvalue weighted by atomic mass is 9.67. The Morgan fingerprint density at radius 3 is 2.79 bits per heavy atom. The van der Waals surface area contributed by atoms with E-state index in [1.165, 1.54) is 12.1 Å². The zero-order valence-electron chi connectivity index (χ0n) is 15.9. The maximum absolute atomic E-state index is 14.0. The molecule has 0 saturated heterocycles. The minimum Gasteiger partial charge on any atom is -0.489 e. The van der Waals surface area contributed by atoms with Crippen LogP contribution in [-0.4, -0.2) is 30.7 Å². The van der Waals surface area contributed by atoms with Gasteiger partial charge >= 0.3 is 0 Å². The first-order valence-electron chi connectivity index (χ1n) is 9.65. The van der Waals surface area contributed by atoms with E-state index in [4.69, 9.17) is 15.6 Å². The van der Waals surface area contributed by atoms with Gasteiger partial charge < -0.3 is 10.5 Å². The van der Waals surface area contributed by atoms with Crippen LogP contribution in [0.3, 0.4) is 0 Å². The van der Waals surface area contributed by atoms with Gasteiger partial charge in [0.15, 0.2) is 5.78 Å². The monoisotopic (exact) mass is 381 g/mol. The van der Waals surface area contributed by atoms with Gasteiger partial charge in [-0.2, -0.15) is 5.10 Å². The number of rotatable bonds is 6. The SMILES string of the molecule is CC(=O)C1=NN2c3cc(F)ccc3OC[C@H]2[C@@]1(CCCCN)c1ccccc1. The zero-order chi connectivity index (χ0) is 19.7. The van der Waals surface area contributed by atoms with E-state index in [1.807, 2.05) is 30.3 Å². The third-order valence-corrected chi connectivity index (χ3v) is 5.71. The number of unbranched alkanes of at least 4 members (excludes halogenated alkanes) is 1. The van der Waals surface area contributed by atoms with Gasteiger partial charge in [0, 0.05) is 13.0 Å². The highest BCUT2D eigenvalue weighted by Crippen LogP contribution is 2.48. The second-order valence-corrected chi connectivity index (χ2v) is 7.37. The number of carbonyl (C=O) groups is 1. The molecule has 2 aliphatic heterocycles. The van der Waals surface area contributed by atoms with Crippen LogP contribution in [0, 0.1) is 5.82 Å². The fourth-order valence-electron chi connectivity index (χ4n) is 4.45. The topological polar surface area (TPSA) is 67.9 Å². The summed E-state index contributed by atoms with van der Waals surface area (Å²) in [6.07, 6.45) is 2.44. The number of fused-ring (bicyclic) bond motifs is 3. The van der Waals surface area contributed by atoms with Crippen molar-refractivity contribution in [2.45, 2.75) is 37.6 Å². The quantitative estimate of drug-likeness (QED) is 0.779. The van der Waals surface area contributed by atoms with Crippen molar-refractivity contribution in [1.82, 2.24) is 0 Å². The molecule has 6 heteroatoms. The Kier molecular flexibility index (Phi) is 4.89. The van der Waals surface area contributed by atoms with Crippen LogP contribution in [0.2, 0.25) is 0 Å². The van der Waals surface area contributed by atoms with Crippen LogP contribution >= 0.6 is 0 Å². The highest BCUT2D eigenvalue weighted by atomic mass is 19.1. The lowest BCUT2D eigenvalue weighted by molar-refractivity contribution is -0.111. The summed E-state index contributed by atoms with van der Waals surface area (Å²) in [6, 6.07) is 14.1. The van der Waals surface area contributed by atoms with Crippen LogP contribution in [0.1, 0.15) is 31.7 Å². The van der Waals surface area contributed by atoms with Crippen LogP contribution in [0.5, 0.6) is 5.75 Å². The summed E-state index contributed by atoms with van der Waals surface area (Å²) < 4.78 is 19.9. The molecular formula is C22H24FN3O2. The standard InChI is InChI=1S/C22H24FN3O2/c1-15(27)21-22(11-5-6-12-24,16-7-3-2-4-8-16)20-14-28-19-10-9-17(23)13-18(19)26(20)25-21/h2-4,7-10,13,20H,5-6,11-12,14,24H2,1H3/t20-,22+/m0/s1. The average molecular weight is 381 g/mol. The molecule has 0 fully saturated rings. The largest absolute Gasteiger partial charge is 0.489 e. The van der Waals surface area contributed by atoms with E-state index in [0.29, 0.717) is 30.3 Å². The van der Waals surface area contributed by atoms with E-state index in [9.17, 15) is 9.18 Å². The highest BCUT2D eigenvalue weighted by molar-refractivity contribution is 6.43. The first kappa shape index (κ1) is 18.6. The van der Waals surface area contributed by atoms with Crippen molar-refractivity contribution in [2.24, 2.45) is 10.8 Å². The summed E-state index contributed by atoms with van der Waals surface area (Å²) in [6.45, 7) is 2.51. The summed E-state index contributed by atoms with van der Waals surface area (Å²) in [5.41, 5.74) is 7.20. The number of ether oxygens (including phenoxy) is 1. The van der Waals surface area contributed by atoms with Crippen molar-refractivity contribution >= 4 is 17.2 Å². The van der Waals surface area contributed by atoms with E-state index in [1.54, 1.807) is 18.0 Å². The van der Waals surface area contributed by atoms with E-state index in [2.05, 4.69) is 0 Å². The van der Waals surface area contributed by atoms with Crippen molar-refractivity contribution in [3.63, 3.8) is 0 Å². The van der Waals surface area contributed by atoms with Gasteiger partial charge in [-0.1, -0.05) is 36.8 Å². The summed E-state index contributed by atoms with van der Waals surface area (Å²) in [5.74, 6) is 0.141. The van der Waals surface area contributed by atoms with Gasteiger partial charge in [-0.05, 0) is 37.1 Å². The number of hydrogen-bond donors (Lipinski definition) is 1. The van der Waals surface area contributed by atoms with Crippen LogP contribution < -0.4 is 15.5 Å². The second kappa shape index (κ2) is 7.36. The molecule has 0 bridgehead atoms. The number of hydrogen-bond acceptors (Lipinski definition) is 5. The first-order valence-corrected chi connectivity index (χ1v) is 9.65. The number of Topliss-reactive ketones (excluding diaryl/α,β-unsaturated/α-hetero) is 1. The van der Waals surface area contributed by atoms with E-state index in [-0.39, 0.29) is 17.6 Å². The van der Waals surface area contributed by atoms with Gasteiger partial charge in [-0.25, -0.2) is 4.39 Å². The number of halogens is 1. The lowest BCUT2D eigenvalue weighted by Crippen LogP contribution is -2.53. The molecule has 2 aliphatic rings. The Morgan fingerprint density at radius 2 is 2.07 bits per heavy atom. The van der Waals surface area contributed by atoms with E-state index >= 15 is 0 Å². The fourth-order valence-corrected chi connectivity index (χ4v) is 4.45. The zero-order valence-corrected chi connectivity index (χ0v) is 15.9. The number of carbonyl (C=O) groups excluding carboxylic acids is 1. The van der Waals surface area contributed by atoms with E-state index < -0.39 is 5.41 Å². The molecule has 2 aromatic carbocycles. The van der Waals surface area contributed by atoms with Crippen LogP contribution in [0.4, 0.5) is 10.1 Å². The molecule has 2 N–H and O–H groups in total. The third kappa shape index (κ3) is 2.88. The molecule has 0 aliphatic carbocycles. The van der Waals surface area contributed by atoms with Gasteiger partial charge in [0.1, 0.15) is 35.6 Å². The minimum absolute atomic E-state index is 0.0797. The molecule has 2 heterocycles. The van der Waals surface area contributed by atoms with Gasteiger partial charge in [-0.15, -0.1) is 0 Å². The molecular weight excluding hydrogens is 357 g/mol. The number of benzene rings is 2. The van der Waals surface area contributed by atoms with Gasteiger partial charge in [0.25, 0.3) is 0 Å². The predicted octanol–water partition coefficient (Wildman–Crippen LogP) is 3.42.